The number of nitrogens with zero attached hydrogens (tertiary/aromatic N) is 1. The lowest BCUT2D eigenvalue weighted by molar-refractivity contribution is 0.112. The second kappa shape index (κ2) is 6.63. The number of halogens is 1. The third-order valence-electron chi connectivity index (χ3n) is 3.62. The van der Waals surface area contributed by atoms with Crippen molar-refractivity contribution < 1.29 is 9.90 Å². The minimum absolute atomic E-state index is 0.0271. The number of carbonyl (C=O) groups excluding carboxylic acids is 1. The van der Waals surface area contributed by atoms with E-state index in [-0.39, 0.29) is 11.3 Å². The van der Waals surface area contributed by atoms with Crippen molar-refractivity contribution in [3.63, 3.8) is 0 Å². The van der Waals surface area contributed by atoms with E-state index in [0.717, 1.165) is 16.7 Å². The number of hydrogen-bond acceptors (Lipinski definition) is 3. The summed E-state index contributed by atoms with van der Waals surface area (Å²) in [6.07, 6.45) is 4.78. The highest BCUT2D eigenvalue weighted by molar-refractivity contribution is 6.30. The Bertz CT molecular complexity index is 847. The van der Waals surface area contributed by atoms with Gasteiger partial charge in [0, 0.05) is 23.0 Å². The van der Waals surface area contributed by atoms with Crippen LogP contribution in [-0.4, -0.2) is 16.4 Å². The largest absolute Gasteiger partial charge is 0.507 e. The van der Waals surface area contributed by atoms with Gasteiger partial charge in [-0.2, -0.15) is 0 Å². The molecule has 0 bridgehead atoms. The molecular weight excluding hydrogens is 310 g/mol. The highest BCUT2D eigenvalue weighted by Gasteiger charge is 2.12. The van der Waals surface area contributed by atoms with Crippen molar-refractivity contribution in [2.45, 2.75) is 6.42 Å². The molecule has 0 amide bonds. The molecule has 23 heavy (non-hydrogen) atoms. The van der Waals surface area contributed by atoms with Crippen LogP contribution in [0.3, 0.4) is 0 Å². The Balaban J connectivity index is 2.08. The van der Waals surface area contributed by atoms with Crippen LogP contribution in [-0.2, 0) is 6.42 Å². The number of phenols is 1. The van der Waals surface area contributed by atoms with Crippen LogP contribution >= 0.6 is 11.6 Å². The van der Waals surface area contributed by atoms with E-state index >= 15 is 0 Å². The molecule has 2 aromatic carbocycles. The molecule has 0 saturated carbocycles. The van der Waals surface area contributed by atoms with E-state index < -0.39 is 0 Å². The lowest BCUT2D eigenvalue weighted by Crippen LogP contribution is -1.94. The molecule has 0 spiro atoms. The molecule has 3 nitrogen and oxygen atoms in total. The second-order valence-electron chi connectivity index (χ2n) is 5.24. The van der Waals surface area contributed by atoms with E-state index in [2.05, 4.69) is 4.98 Å². The Labute approximate surface area is 139 Å². The molecule has 0 aliphatic carbocycles. The van der Waals surface area contributed by atoms with Crippen molar-refractivity contribution in [1.82, 2.24) is 4.98 Å². The molecule has 0 aliphatic heterocycles. The second-order valence-corrected chi connectivity index (χ2v) is 5.68. The summed E-state index contributed by atoms with van der Waals surface area (Å²) in [4.78, 5) is 15.3. The summed E-state index contributed by atoms with van der Waals surface area (Å²) >= 11 is 6.03. The maximum atomic E-state index is 11.3. The van der Waals surface area contributed by atoms with Crippen LogP contribution in [0, 0.1) is 0 Å². The van der Waals surface area contributed by atoms with Crippen LogP contribution in [0.4, 0.5) is 0 Å². The zero-order chi connectivity index (χ0) is 16.2. The fourth-order valence-corrected chi connectivity index (χ4v) is 2.71. The quantitative estimate of drug-likeness (QED) is 0.719. The van der Waals surface area contributed by atoms with E-state index in [0.29, 0.717) is 23.3 Å². The third kappa shape index (κ3) is 3.41. The molecule has 1 aromatic heterocycles. The first-order valence-corrected chi connectivity index (χ1v) is 7.51. The summed E-state index contributed by atoms with van der Waals surface area (Å²) in [5, 5.41) is 10.9. The van der Waals surface area contributed by atoms with Crippen molar-refractivity contribution in [2.75, 3.05) is 0 Å². The summed E-state index contributed by atoms with van der Waals surface area (Å²) < 4.78 is 0. The summed E-state index contributed by atoms with van der Waals surface area (Å²) in [6, 6.07) is 14.6. The smallest absolute Gasteiger partial charge is 0.153 e. The highest BCUT2D eigenvalue weighted by Crippen LogP contribution is 2.34. The van der Waals surface area contributed by atoms with E-state index in [9.17, 15) is 9.90 Å². The standard InChI is InChI=1S/C19H14ClNO2/c20-17-3-1-2-15(11-17)18-10-14(9-16(12-22)19(18)23)8-13-4-6-21-7-5-13/h1-7,9-12,23H,8H2. The van der Waals surface area contributed by atoms with Gasteiger partial charge in [0.2, 0.25) is 0 Å². The number of pyridine rings is 1. The van der Waals surface area contributed by atoms with Crippen LogP contribution in [0.15, 0.2) is 60.9 Å². The first-order valence-electron chi connectivity index (χ1n) is 7.13. The maximum Gasteiger partial charge on any atom is 0.153 e. The third-order valence-corrected chi connectivity index (χ3v) is 3.85. The number of benzene rings is 2. The fraction of sp³-hybridized carbons (Fsp3) is 0.0526. The Hall–Kier alpha value is -2.65. The van der Waals surface area contributed by atoms with Crippen LogP contribution < -0.4 is 0 Å². The van der Waals surface area contributed by atoms with Crippen molar-refractivity contribution >= 4 is 17.9 Å². The van der Waals surface area contributed by atoms with Gasteiger partial charge in [-0.3, -0.25) is 9.78 Å². The Morgan fingerprint density at radius 2 is 1.83 bits per heavy atom. The van der Waals surface area contributed by atoms with Gasteiger partial charge in [-0.1, -0.05) is 23.7 Å². The number of aromatic nitrogens is 1. The van der Waals surface area contributed by atoms with E-state index in [1.165, 1.54) is 0 Å². The average Bonchev–Trinajstić information content (AvgIpc) is 2.57. The SMILES string of the molecule is O=Cc1cc(Cc2ccncc2)cc(-c2cccc(Cl)c2)c1O. The molecule has 3 rings (SSSR count). The molecule has 0 fully saturated rings. The number of carbonyl (C=O) groups is 1. The number of phenolic OH excluding ortho intramolecular Hbond substituents is 1. The summed E-state index contributed by atoms with van der Waals surface area (Å²) in [6.45, 7) is 0. The average molecular weight is 324 g/mol. The van der Waals surface area contributed by atoms with Gasteiger partial charge >= 0.3 is 0 Å². The first kappa shape index (κ1) is 15.3. The zero-order valence-electron chi connectivity index (χ0n) is 12.2. The molecule has 1 N–H and O–H groups in total. The van der Waals surface area contributed by atoms with Gasteiger partial charge in [0.15, 0.2) is 6.29 Å². The molecule has 0 unspecified atom stereocenters. The monoisotopic (exact) mass is 323 g/mol. The topological polar surface area (TPSA) is 50.2 Å². The van der Waals surface area contributed by atoms with Gasteiger partial charge in [0.25, 0.3) is 0 Å². The van der Waals surface area contributed by atoms with Gasteiger partial charge in [0.1, 0.15) is 5.75 Å². The van der Waals surface area contributed by atoms with E-state index in [1.807, 2.05) is 30.3 Å². The Morgan fingerprint density at radius 1 is 1.04 bits per heavy atom. The van der Waals surface area contributed by atoms with Gasteiger partial charge in [0.05, 0.1) is 5.56 Å². The lowest BCUT2D eigenvalue weighted by atomic mass is 9.95. The number of rotatable bonds is 4. The van der Waals surface area contributed by atoms with Gasteiger partial charge in [-0.05, 0) is 59.5 Å². The molecule has 0 atom stereocenters. The minimum atomic E-state index is -0.0271. The molecule has 1 heterocycles. The summed E-state index contributed by atoms with van der Waals surface area (Å²) in [5.41, 5.74) is 3.66. The normalized spacial score (nSPS) is 10.5. The van der Waals surface area contributed by atoms with Crippen LogP contribution in [0.1, 0.15) is 21.5 Å². The highest BCUT2D eigenvalue weighted by atomic mass is 35.5. The number of aldehydes is 1. The molecule has 3 aromatic rings. The van der Waals surface area contributed by atoms with E-state index in [4.69, 9.17) is 11.6 Å². The van der Waals surface area contributed by atoms with Crippen LogP contribution in [0.2, 0.25) is 5.02 Å². The summed E-state index contributed by atoms with van der Waals surface area (Å²) in [5.74, 6) is -0.0271. The van der Waals surface area contributed by atoms with Crippen LogP contribution in [0.25, 0.3) is 11.1 Å². The minimum Gasteiger partial charge on any atom is -0.507 e. The van der Waals surface area contributed by atoms with Gasteiger partial charge < -0.3 is 5.11 Å². The van der Waals surface area contributed by atoms with Crippen LogP contribution in [0.5, 0.6) is 5.75 Å². The Kier molecular flexibility index (Phi) is 4.40. The summed E-state index contributed by atoms with van der Waals surface area (Å²) in [7, 11) is 0. The van der Waals surface area contributed by atoms with Gasteiger partial charge in [-0.25, -0.2) is 0 Å². The molecular formula is C19H14ClNO2. The van der Waals surface area contributed by atoms with Crippen molar-refractivity contribution in [1.29, 1.82) is 0 Å². The fourth-order valence-electron chi connectivity index (χ4n) is 2.52. The van der Waals surface area contributed by atoms with Crippen molar-refractivity contribution in [3.05, 3.63) is 82.6 Å². The number of hydrogen-bond donors (Lipinski definition) is 1. The molecule has 0 aliphatic rings. The zero-order valence-corrected chi connectivity index (χ0v) is 13.0. The van der Waals surface area contributed by atoms with Crippen molar-refractivity contribution in [2.24, 2.45) is 0 Å². The first-order chi connectivity index (χ1) is 11.2. The van der Waals surface area contributed by atoms with Gasteiger partial charge in [-0.15, -0.1) is 0 Å². The van der Waals surface area contributed by atoms with E-state index in [1.54, 1.807) is 30.6 Å². The Morgan fingerprint density at radius 3 is 2.52 bits per heavy atom. The predicted molar refractivity (Wildman–Crippen MR) is 91.0 cm³/mol. The number of aromatic hydroxyl groups is 1. The maximum absolute atomic E-state index is 11.3. The molecule has 0 radical (unpaired) electrons. The molecule has 0 saturated heterocycles. The molecule has 114 valence electrons. The molecule has 4 heteroatoms. The van der Waals surface area contributed by atoms with Crippen molar-refractivity contribution in [3.8, 4) is 16.9 Å². The predicted octanol–water partition coefficient (Wildman–Crippen LogP) is 4.51. The lowest BCUT2D eigenvalue weighted by Gasteiger charge is -2.11.